The minimum Gasteiger partial charge on any atom is -0.390 e. The van der Waals surface area contributed by atoms with Crippen molar-refractivity contribution < 1.29 is 14.0 Å². The normalized spacial score (nSPS) is 16.2. The van der Waals surface area contributed by atoms with Gasteiger partial charge in [0.05, 0.1) is 12.3 Å². The van der Waals surface area contributed by atoms with Crippen molar-refractivity contribution in [2.45, 2.75) is 39.8 Å². The molecular formula is C22H25FN2O2. The lowest BCUT2D eigenvalue weighted by molar-refractivity contribution is -0.136. The largest absolute Gasteiger partial charge is 0.390 e. The summed E-state index contributed by atoms with van der Waals surface area (Å²) in [7, 11) is 0. The number of amides is 1. The van der Waals surface area contributed by atoms with Crippen LogP contribution in [0.5, 0.6) is 0 Å². The molecule has 3 rings (SSSR count). The Bertz CT molecular complexity index is 830. The molecule has 0 unspecified atom stereocenters. The molecule has 4 nitrogen and oxygen atoms in total. The number of carbonyl (C=O) groups excluding carboxylic acids is 1. The summed E-state index contributed by atoms with van der Waals surface area (Å²) in [6.45, 7) is 6.69. The van der Waals surface area contributed by atoms with Gasteiger partial charge in [-0.15, -0.1) is 0 Å². The number of carbonyl (C=O) groups is 1. The molecule has 142 valence electrons. The van der Waals surface area contributed by atoms with Gasteiger partial charge in [0.15, 0.2) is 6.10 Å². The second-order valence-electron chi connectivity index (χ2n) is 7.28. The van der Waals surface area contributed by atoms with Crippen molar-refractivity contribution >= 4 is 11.6 Å². The highest BCUT2D eigenvalue weighted by Gasteiger charge is 2.28. The van der Waals surface area contributed by atoms with Crippen LogP contribution in [0, 0.1) is 18.7 Å². The van der Waals surface area contributed by atoms with Crippen LogP contribution in [0.25, 0.3) is 0 Å². The van der Waals surface area contributed by atoms with Crippen LogP contribution < -0.4 is 0 Å². The molecule has 0 aliphatic carbocycles. The van der Waals surface area contributed by atoms with Crippen LogP contribution in [-0.2, 0) is 16.2 Å². The third-order valence-electron chi connectivity index (χ3n) is 4.71. The standard InChI is InChI=1S/C22H25FN2O2/c1-15(2)22(26)25(13-17-8-10-18(23)11-9-17)14-19-12-21(24-27-19)20-7-5-4-6-16(20)3/h4-11,15,19H,12-14H2,1-3H3/t19-/m1/s1. The zero-order chi connectivity index (χ0) is 19.4. The topological polar surface area (TPSA) is 41.9 Å². The van der Waals surface area contributed by atoms with Gasteiger partial charge in [-0.1, -0.05) is 55.4 Å². The maximum atomic E-state index is 13.2. The first kappa shape index (κ1) is 19.1. The molecule has 0 saturated carbocycles. The Hall–Kier alpha value is -2.69. The second-order valence-corrected chi connectivity index (χ2v) is 7.28. The minimum atomic E-state index is -0.282. The van der Waals surface area contributed by atoms with Crippen LogP contribution in [0.15, 0.2) is 53.7 Å². The van der Waals surface area contributed by atoms with Crippen molar-refractivity contribution in [2.75, 3.05) is 6.54 Å². The molecule has 1 heterocycles. The summed E-state index contributed by atoms with van der Waals surface area (Å²) < 4.78 is 13.2. The summed E-state index contributed by atoms with van der Waals surface area (Å²) in [5.41, 5.74) is 4.04. The molecular weight excluding hydrogens is 343 g/mol. The number of hydrogen-bond acceptors (Lipinski definition) is 3. The Morgan fingerprint density at radius 2 is 1.93 bits per heavy atom. The third kappa shape index (κ3) is 4.73. The molecule has 0 fully saturated rings. The highest BCUT2D eigenvalue weighted by atomic mass is 19.1. The van der Waals surface area contributed by atoms with Gasteiger partial charge in [0.1, 0.15) is 5.82 Å². The van der Waals surface area contributed by atoms with Crippen LogP contribution in [0.3, 0.4) is 0 Å². The van der Waals surface area contributed by atoms with Gasteiger partial charge in [0.25, 0.3) is 0 Å². The van der Waals surface area contributed by atoms with E-state index in [-0.39, 0.29) is 23.7 Å². The Morgan fingerprint density at radius 1 is 1.22 bits per heavy atom. The Balaban J connectivity index is 1.69. The molecule has 1 aliphatic heterocycles. The van der Waals surface area contributed by atoms with Gasteiger partial charge in [0.2, 0.25) is 5.91 Å². The molecule has 1 amide bonds. The number of rotatable bonds is 6. The lowest BCUT2D eigenvalue weighted by atomic mass is 10.00. The summed E-state index contributed by atoms with van der Waals surface area (Å²) in [6, 6.07) is 14.3. The first-order valence-corrected chi connectivity index (χ1v) is 9.26. The number of nitrogens with zero attached hydrogens (tertiary/aromatic N) is 2. The fraction of sp³-hybridized carbons (Fsp3) is 0.364. The quantitative estimate of drug-likeness (QED) is 0.762. The maximum Gasteiger partial charge on any atom is 0.225 e. The number of halogens is 1. The fourth-order valence-electron chi connectivity index (χ4n) is 3.24. The van der Waals surface area contributed by atoms with E-state index in [9.17, 15) is 9.18 Å². The molecule has 0 radical (unpaired) electrons. The van der Waals surface area contributed by atoms with E-state index in [1.165, 1.54) is 12.1 Å². The maximum absolute atomic E-state index is 13.2. The van der Waals surface area contributed by atoms with Crippen molar-refractivity contribution in [3.63, 3.8) is 0 Å². The van der Waals surface area contributed by atoms with E-state index in [2.05, 4.69) is 5.16 Å². The van der Waals surface area contributed by atoms with Crippen molar-refractivity contribution in [3.05, 3.63) is 71.0 Å². The molecule has 0 bridgehead atoms. The number of aryl methyl sites for hydroxylation is 1. The molecule has 2 aromatic carbocycles. The first-order valence-electron chi connectivity index (χ1n) is 9.26. The van der Waals surface area contributed by atoms with Crippen LogP contribution in [0.2, 0.25) is 0 Å². The molecule has 1 aliphatic rings. The van der Waals surface area contributed by atoms with Gasteiger partial charge in [-0.3, -0.25) is 4.79 Å². The highest BCUT2D eigenvalue weighted by molar-refractivity contribution is 6.02. The van der Waals surface area contributed by atoms with E-state index in [1.807, 2.05) is 45.0 Å². The lowest BCUT2D eigenvalue weighted by Gasteiger charge is -2.26. The molecule has 0 saturated heterocycles. The van der Waals surface area contributed by atoms with E-state index in [0.29, 0.717) is 19.5 Å². The van der Waals surface area contributed by atoms with Crippen LogP contribution in [-0.4, -0.2) is 29.2 Å². The van der Waals surface area contributed by atoms with E-state index in [0.717, 1.165) is 22.4 Å². The van der Waals surface area contributed by atoms with Gasteiger partial charge < -0.3 is 9.74 Å². The number of benzene rings is 2. The van der Waals surface area contributed by atoms with E-state index >= 15 is 0 Å². The van der Waals surface area contributed by atoms with Gasteiger partial charge in [-0.2, -0.15) is 0 Å². The highest BCUT2D eigenvalue weighted by Crippen LogP contribution is 2.21. The summed E-state index contributed by atoms with van der Waals surface area (Å²) in [6.07, 6.45) is 0.485. The summed E-state index contributed by atoms with van der Waals surface area (Å²) >= 11 is 0. The minimum absolute atomic E-state index is 0.0484. The van der Waals surface area contributed by atoms with Crippen molar-refractivity contribution in [2.24, 2.45) is 11.1 Å². The first-order chi connectivity index (χ1) is 12.9. The third-order valence-corrected chi connectivity index (χ3v) is 4.71. The molecule has 1 atom stereocenters. The SMILES string of the molecule is Cc1ccccc1C1=NO[C@@H](CN(Cc2ccc(F)cc2)C(=O)C(C)C)C1. The van der Waals surface area contributed by atoms with Crippen molar-refractivity contribution in [3.8, 4) is 0 Å². The monoisotopic (exact) mass is 368 g/mol. The zero-order valence-corrected chi connectivity index (χ0v) is 16.0. The van der Waals surface area contributed by atoms with Crippen LogP contribution in [0.1, 0.15) is 37.0 Å². The molecule has 0 aromatic heterocycles. The van der Waals surface area contributed by atoms with Crippen LogP contribution in [0.4, 0.5) is 4.39 Å². The second kappa shape index (κ2) is 8.33. The van der Waals surface area contributed by atoms with Gasteiger partial charge in [0, 0.05) is 24.4 Å². The van der Waals surface area contributed by atoms with Gasteiger partial charge in [-0.25, -0.2) is 4.39 Å². The Morgan fingerprint density at radius 3 is 2.59 bits per heavy atom. The lowest BCUT2D eigenvalue weighted by Crippen LogP contribution is -2.39. The number of hydrogen-bond donors (Lipinski definition) is 0. The molecule has 0 spiro atoms. The Kier molecular flexibility index (Phi) is 5.89. The zero-order valence-electron chi connectivity index (χ0n) is 16.0. The smallest absolute Gasteiger partial charge is 0.225 e. The average molecular weight is 368 g/mol. The van der Waals surface area contributed by atoms with Gasteiger partial charge in [-0.05, 0) is 30.2 Å². The summed E-state index contributed by atoms with van der Waals surface area (Å²) in [4.78, 5) is 20.1. The molecule has 27 heavy (non-hydrogen) atoms. The van der Waals surface area contributed by atoms with Gasteiger partial charge >= 0.3 is 0 Å². The van der Waals surface area contributed by atoms with Crippen molar-refractivity contribution in [1.82, 2.24) is 4.90 Å². The van der Waals surface area contributed by atoms with E-state index in [1.54, 1.807) is 17.0 Å². The predicted molar refractivity (Wildman–Crippen MR) is 104 cm³/mol. The van der Waals surface area contributed by atoms with E-state index in [4.69, 9.17) is 4.84 Å². The van der Waals surface area contributed by atoms with Crippen LogP contribution >= 0.6 is 0 Å². The molecule has 5 heteroatoms. The summed E-state index contributed by atoms with van der Waals surface area (Å²) in [5, 5.41) is 4.25. The molecule has 0 N–H and O–H groups in total. The summed E-state index contributed by atoms with van der Waals surface area (Å²) in [5.74, 6) is -0.355. The average Bonchev–Trinajstić information content (AvgIpc) is 3.11. The fourth-order valence-corrected chi connectivity index (χ4v) is 3.24. The predicted octanol–water partition coefficient (Wildman–Crippen LogP) is 4.31. The molecule has 2 aromatic rings. The van der Waals surface area contributed by atoms with E-state index < -0.39 is 0 Å². The Labute approximate surface area is 159 Å². The number of oxime groups is 1. The van der Waals surface area contributed by atoms with Crippen molar-refractivity contribution in [1.29, 1.82) is 0 Å².